The third kappa shape index (κ3) is 4.14. The van der Waals surface area contributed by atoms with Gasteiger partial charge < -0.3 is 10.1 Å². The van der Waals surface area contributed by atoms with E-state index >= 15 is 0 Å². The van der Waals surface area contributed by atoms with Crippen LogP contribution in [0, 0.1) is 13.8 Å². The van der Waals surface area contributed by atoms with Crippen molar-refractivity contribution in [2.24, 2.45) is 0 Å². The van der Waals surface area contributed by atoms with Crippen LogP contribution in [0.2, 0.25) is 0 Å². The average Bonchev–Trinajstić information content (AvgIpc) is 3.35. The van der Waals surface area contributed by atoms with Crippen molar-refractivity contribution in [1.82, 2.24) is 14.6 Å². The summed E-state index contributed by atoms with van der Waals surface area (Å²) in [6.45, 7) is 6.97. The predicted molar refractivity (Wildman–Crippen MR) is 126 cm³/mol. The largest absolute Gasteiger partial charge is 0.462 e. The number of ether oxygens (including phenoxy) is 1. The minimum Gasteiger partial charge on any atom is -0.462 e. The van der Waals surface area contributed by atoms with Gasteiger partial charge in [0.15, 0.2) is 11.4 Å². The molecule has 8 nitrogen and oxygen atoms in total. The quantitative estimate of drug-likeness (QED) is 0.329. The Balaban J connectivity index is 1.73. The number of carbonyl (C=O) groups is 3. The summed E-state index contributed by atoms with van der Waals surface area (Å²) >= 11 is 1.05. The molecule has 0 aliphatic carbocycles. The number of ketones is 1. The standard InChI is InChI=1S/C24H22N4O4S/c1-5-32-24(31)19-14(3)20(15(4)29)33-23(19)27-22(30)17-12-26-28-18(10-11-25-21(17)28)16-8-6-13(2)7-9-16/h6-12H,5H2,1-4H3,(H,27,30). The normalized spacial score (nSPS) is 10.9. The van der Waals surface area contributed by atoms with Gasteiger partial charge in [-0.1, -0.05) is 29.8 Å². The van der Waals surface area contributed by atoms with Gasteiger partial charge in [0, 0.05) is 11.8 Å². The van der Waals surface area contributed by atoms with Gasteiger partial charge in [-0.3, -0.25) is 9.59 Å². The first-order valence-corrected chi connectivity index (χ1v) is 11.2. The summed E-state index contributed by atoms with van der Waals surface area (Å²) in [6.07, 6.45) is 3.06. The number of amides is 1. The minimum atomic E-state index is -0.589. The Morgan fingerprint density at radius 1 is 1.12 bits per heavy atom. The van der Waals surface area contributed by atoms with E-state index in [0.29, 0.717) is 16.1 Å². The fraction of sp³-hybridized carbons (Fsp3) is 0.208. The summed E-state index contributed by atoms with van der Waals surface area (Å²) in [4.78, 5) is 42.4. The van der Waals surface area contributed by atoms with E-state index in [1.807, 2.05) is 37.3 Å². The van der Waals surface area contributed by atoms with Crippen LogP contribution in [0.3, 0.4) is 0 Å². The number of esters is 1. The van der Waals surface area contributed by atoms with E-state index in [1.165, 1.54) is 13.1 Å². The molecule has 168 valence electrons. The van der Waals surface area contributed by atoms with Crippen molar-refractivity contribution in [3.05, 3.63) is 69.9 Å². The van der Waals surface area contributed by atoms with Crippen LogP contribution in [-0.2, 0) is 4.74 Å². The van der Waals surface area contributed by atoms with Crippen molar-refractivity contribution in [2.75, 3.05) is 11.9 Å². The first-order valence-electron chi connectivity index (χ1n) is 10.3. The highest BCUT2D eigenvalue weighted by Gasteiger charge is 2.26. The van der Waals surface area contributed by atoms with E-state index in [0.717, 1.165) is 28.2 Å². The molecule has 1 aromatic carbocycles. The molecule has 1 N–H and O–H groups in total. The van der Waals surface area contributed by atoms with Gasteiger partial charge in [0.1, 0.15) is 10.6 Å². The first-order chi connectivity index (χ1) is 15.8. The number of aryl methyl sites for hydroxylation is 1. The number of anilines is 1. The Kier molecular flexibility index (Phi) is 6.06. The Bertz CT molecular complexity index is 1390. The fourth-order valence-corrected chi connectivity index (χ4v) is 4.64. The number of Topliss-reactive ketones (excluding diaryl/α,β-unsaturated/α-hetero) is 1. The van der Waals surface area contributed by atoms with E-state index in [-0.39, 0.29) is 28.5 Å². The Hall–Kier alpha value is -3.85. The molecule has 4 rings (SSSR count). The van der Waals surface area contributed by atoms with Crippen LogP contribution in [0.25, 0.3) is 16.9 Å². The molecule has 3 heterocycles. The molecule has 33 heavy (non-hydrogen) atoms. The number of benzene rings is 1. The molecule has 0 spiro atoms. The summed E-state index contributed by atoms with van der Waals surface area (Å²) in [5.74, 6) is -1.27. The highest BCUT2D eigenvalue weighted by molar-refractivity contribution is 7.18. The van der Waals surface area contributed by atoms with Crippen LogP contribution in [0.4, 0.5) is 5.00 Å². The van der Waals surface area contributed by atoms with Gasteiger partial charge in [0.05, 0.1) is 28.9 Å². The third-order valence-electron chi connectivity index (χ3n) is 5.17. The van der Waals surface area contributed by atoms with Gasteiger partial charge in [0.2, 0.25) is 0 Å². The molecular weight excluding hydrogens is 440 g/mol. The number of fused-ring (bicyclic) bond motifs is 1. The molecule has 0 saturated heterocycles. The van der Waals surface area contributed by atoms with Crippen molar-refractivity contribution >= 4 is 39.6 Å². The van der Waals surface area contributed by atoms with Gasteiger partial charge in [0.25, 0.3) is 5.91 Å². The summed E-state index contributed by atoms with van der Waals surface area (Å²) < 4.78 is 6.74. The molecule has 4 aromatic rings. The van der Waals surface area contributed by atoms with Gasteiger partial charge in [-0.25, -0.2) is 14.3 Å². The second-order valence-electron chi connectivity index (χ2n) is 7.48. The van der Waals surface area contributed by atoms with Gasteiger partial charge in [-0.15, -0.1) is 11.3 Å². The molecule has 0 fully saturated rings. The minimum absolute atomic E-state index is 0.177. The highest BCUT2D eigenvalue weighted by atomic mass is 32.1. The van der Waals surface area contributed by atoms with E-state index in [1.54, 1.807) is 24.6 Å². The second kappa shape index (κ2) is 8.95. The summed E-state index contributed by atoms with van der Waals surface area (Å²) in [7, 11) is 0. The van der Waals surface area contributed by atoms with Crippen molar-refractivity contribution in [1.29, 1.82) is 0 Å². The van der Waals surface area contributed by atoms with Crippen LogP contribution in [0.1, 0.15) is 55.4 Å². The maximum atomic E-state index is 13.2. The Morgan fingerprint density at radius 3 is 2.52 bits per heavy atom. The fourth-order valence-electron chi connectivity index (χ4n) is 3.55. The number of rotatable bonds is 6. The molecule has 0 saturated carbocycles. The number of aromatic nitrogens is 3. The highest BCUT2D eigenvalue weighted by Crippen LogP contribution is 2.34. The summed E-state index contributed by atoms with van der Waals surface area (Å²) in [6, 6.07) is 9.79. The molecule has 1 amide bonds. The predicted octanol–water partition coefficient (Wildman–Crippen LogP) is 4.71. The van der Waals surface area contributed by atoms with Crippen LogP contribution < -0.4 is 5.32 Å². The Morgan fingerprint density at radius 2 is 1.85 bits per heavy atom. The number of carbonyl (C=O) groups excluding carboxylic acids is 3. The lowest BCUT2D eigenvalue weighted by Crippen LogP contribution is -2.15. The van der Waals surface area contributed by atoms with Crippen molar-refractivity contribution in [3.63, 3.8) is 0 Å². The van der Waals surface area contributed by atoms with Gasteiger partial charge >= 0.3 is 5.97 Å². The zero-order valence-electron chi connectivity index (χ0n) is 18.6. The second-order valence-corrected chi connectivity index (χ2v) is 8.50. The van der Waals surface area contributed by atoms with Crippen LogP contribution >= 0.6 is 11.3 Å². The third-order valence-corrected chi connectivity index (χ3v) is 6.47. The van der Waals surface area contributed by atoms with Crippen LogP contribution in [0.15, 0.2) is 42.7 Å². The van der Waals surface area contributed by atoms with Gasteiger partial charge in [-0.05, 0) is 39.3 Å². The zero-order chi connectivity index (χ0) is 23.7. The van der Waals surface area contributed by atoms with E-state index in [9.17, 15) is 14.4 Å². The van der Waals surface area contributed by atoms with Crippen LogP contribution in [-0.4, -0.2) is 38.9 Å². The molecule has 0 unspecified atom stereocenters. The summed E-state index contributed by atoms with van der Waals surface area (Å²) in [5, 5.41) is 7.39. The smallest absolute Gasteiger partial charge is 0.341 e. The number of nitrogens with zero attached hydrogens (tertiary/aromatic N) is 3. The van der Waals surface area contributed by atoms with Gasteiger partial charge in [-0.2, -0.15) is 5.10 Å². The maximum Gasteiger partial charge on any atom is 0.341 e. The summed E-state index contributed by atoms with van der Waals surface area (Å²) in [5.41, 5.74) is 4.16. The van der Waals surface area contributed by atoms with E-state index < -0.39 is 11.9 Å². The molecule has 9 heteroatoms. The molecule has 0 aliphatic heterocycles. The maximum absolute atomic E-state index is 13.2. The monoisotopic (exact) mass is 462 g/mol. The number of hydrogen-bond acceptors (Lipinski definition) is 7. The van der Waals surface area contributed by atoms with Crippen molar-refractivity contribution in [2.45, 2.75) is 27.7 Å². The van der Waals surface area contributed by atoms with Crippen molar-refractivity contribution in [3.8, 4) is 11.3 Å². The lowest BCUT2D eigenvalue weighted by molar-refractivity contribution is 0.0527. The van der Waals surface area contributed by atoms with E-state index in [4.69, 9.17) is 4.74 Å². The molecule has 0 bridgehead atoms. The SMILES string of the molecule is CCOC(=O)c1c(NC(=O)c2cnn3c(-c4ccc(C)cc4)ccnc23)sc(C(C)=O)c1C. The zero-order valence-corrected chi connectivity index (χ0v) is 19.4. The lowest BCUT2D eigenvalue weighted by atomic mass is 10.1. The number of nitrogens with one attached hydrogen (secondary N) is 1. The van der Waals surface area contributed by atoms with Crippen LogP contribution in [0.5, 0.6) is 0 Å². The molecule has 0 atom stereocenters. The first kappa shape index (κ1) is 22.3. The topological polar surface area (TPSA) is 103 Å². The molecular formula is C24H22N4O4S. The van der Waals surface area contributed by atoms with E-state index in [2.05, 4.69) is 15.4 Å². The molecule has 0 radical (unpaired) electrons. The van der Waals surface area contributed by atoms with Crippen molar-refractivity contribution < 1.29 is 19.1 Å². The number of thiophene rings is 1. The molecule has 0 aliphatic rings. The molecule has 3 aromatic heterocycles. The lowest BCUT2D eigenvalue weighted by Gasteiger charge is -2.07. The number of hydrogen-bond donors (Lipinski definition) is 1. The average molecular weight is 463 g/mol. The Labute approximate surface area is 194 Å².